The number of carboxylic acid groups (broad SMARTS) is 1. The fourth-order valence-corrected chi connectivity index (χ4v) is 1.47. The van der Waals surface area contributed by atoms with Crippen molar-refractivity contribution < 1.29 is 14.6 Å². The SMILES string of the molecule is COc1cccc(N(C)C(C)CC(=O)O)c1. The Bertz CT molecular complexity index is 365. The highest BCUT2D eigenvalue weighted by Crippen LogP contribution is 2.22. The molecule has 1 rings (SSSR count). The first-order valence-corrected chi connectivity index (χ1v) is 5.13. The molecule has 1 aromatic carbocycles. The highest BCUT2D eigenvalue weighted by atomic mass is 16.5. The van der Waals surface area contributed by atoms with Crippen LogP contribution in [0.15, 0.2) is 24.3 Å². The topological polar surface area (TPSA) is 49.8 Å². The molecule has 0 aliphatic rings. The highest BCUT2D eigenvalue weighted by molar-refractivity contribution is 5.68. The number of anilines is 1. The second-order valence-corrected chi connectivity index (χ2v) is 3.76. The summed E-state index contributed by atoms with van der Waals surface area (Å²) in [4.78, 5) is 12.5. The lowest BCUT2D eigenvalue weighted by molar-refractivity contribution is -0.137. The fourth-order valence-electron chi connectivity index (χ4n) is 1.47. The maximum absolute atomic E-state index is 10.6. The van der Waals surface area contributed by atoms with Crippen LogP contribution in [0.4, 0.5) is 5.69 Å². The average molecular weight is 223 g/mol. The van der Waals surface area contributed by atoms with E-state index in [1.54, 1.807) is 7.11 Å². The molecule has 0 aliphatic heterocycles. The number of benzene rings is 1. The summed E-state index contributed by atoms with van der Waals surface area (Å²) in [5.41, 5.74) is 0.952. The van der Waals surface area contributed by atoms with Crippen LogP contribution in [0.5, 0.6) is 5.75 Å². The summed E-state index contributed by atoms with van der Waals surface area (Å²) in [6, 6.07) is 7.51. The second-order valence-electron chi connectivity index (χ2n) is 3.76. The molecule has 0 radical (unpaired) electrons. The van der Waals surface area contributed by atoms with Gasteiger partial charge in [-0.05, 0) is 19.1 Å². The molecule has 1 unspecified atom stereocenters. The summed E-state index contributed by atoms with van der Waals surface area (Å²) in [5.74, 6) is -0.0193. The zero-order valence-electron chi connectivity index (χ0n) is 9.80. The van der Waals surface area contributed by atoms with Crippen molar-refractivity contribution in [3.05, 3.63) is 24.3 Å². The highest BCUT2D eigenvalue weighted by Gasteiger charge is 2.13. The van der Waals surface area contributed by atoms with E-state index in [0.717, 1.165) is 11.4 Å². The molecular weight excluding hydrogens is 206 g/mol. The summed E-state index contributed by atoms with van der Waals surface area (Å²) >= 11 is 0. The molecule has 0 aromatic heterocycles. The molecule has 1 N–H and O–H groups in total. The molecule has 0 spiro atoms. The van der Waals surface area contributed by atoms with Crippen LogP contribution in [0.3, 0.4) is 0 Å². The number of nitrogens with zero attached hydrogens (tertiary/aromatic N) is 1. The van der Waals surface area contributed by atoms with Gasteiger partial charge in [0, 0.05) is 24.8 Å². The number of carbonyl (C=O) groups is 1. The lowest BCUT2D eigenvalue weighted by Crippen LogP contribution is -2.30. The molecular formula is C12H17NO3. The molecule has 1 aromatic rings. The Morgan fingerprint density at radius 1 is 1.56 bits per heavy atom. The summed E-state index contributed by atoms with van der Waals surface area (Å²) in [5, 5.41) is 8.73. The monoisotopic (exact) mass is 223 g/mol. The molecule has 4 heteroatoms. The van der Waals surface area contributed by atoms with Crippen molar-refractivity contribution in [2.45, 2.75) is 19.4 Å². The van der Waals surface area contributed by atoms with Gasteiger partial charge in [0.05, 0.1) is 13.5 Å². The minimum Gasteiger partial charge on any atom is -0.497 e. The van der Waals surface area contributed by atoms with Crippen LogP contribution in [-0.4, -0.2) is 31.3 Å². The van der Waals surface area contributed by atoms with Crippen molar-refractivity contribution in [2.75, 3.05) is 19.1 Å². The van der Waals surface area contributed by atoms with Gasteiger partial charge in [-0.15, -0.1) is 0 Å². The van der Waals surface area contributed by atoms with Crippen molar-refractivity contribution >= 4 is 11.7 Å². The Morgan fingerprint density at radius 2 is 2.25 bits per heavy atom. The van der Waals surface area contributed by atoms with Gasteiger partial charge < -0.3 is 14.7 Å². The molecule has 1 atom stereocenters. The third-order valence-electron chi connectivity index (χ3n) is 2.59. The van der Waals surface area contributed by atoms with E-state index in [4.69, 9.17) is 9.84 Å². The molecule has 0 saturated heterocycles. The van der Waals surface area contributed by atoms with Crippen LogP contribution in [0.25, 0.3) is 0 Å². The van der Waals surface area contributed by atoms with Crippen LogP contribution in [0, 0.1) is 0 Å². The third kappa shape index (κ3) is 3.15. The van der Waals surface area contributed by atoms with Gasteiger partial charge in [-0.3, -0.25) is 4.79 Å². The fraction of sp³-hybridized carbons (Fsp3) is 0.417. The lowest BCUT2D eigenvalue weighted by atomic mass is 10.2. The molecule has 0 heterocycles. The van der Waals surface area contributed by atoms with Gasteiger partial charge in [0.1, 0.15) is 5.75 Å². The van der Waals surface area contributed by atoms with Crippen LogP contribution >= 0.6 is 0 Å². The standard InChI is InChI=1S/C12H17NO3/c1-9(7-12(14)15)13(2)10-5-4-6-11(8-10)16-3/h4-6,8-9H,7H2,1-3H3,(H,14,15). The van der Waals surface area contributed by atoms with Crippen LogP contribution < -0.4 is 9.64 Å². The van der Waals surface area contributed by atoms with Crippen molar-refractivity contribution in [1.82, 2.24) is 0 Å². The summed E-state index contributed by atoms with van der Waals surface area (Å²) in [6.45, 7) is 1.88. The number of rotatable bonds is 5. The normalized spacial score (nSPS) is 11.9. The Hall–Kier alpha value is -1.71. The zero-order valence-corrected chi connectivity index (χ0v) is 9.80. The van der Waals surface area contributed by atoms with E-state index in [1.165, 1.54) is 0 Å². The number of ether oxygens (including phenoxy) is 1. The number of aliphatic carboxylic acids is 1. The van der Waals surface area contributed by atoms with Crippen molar-refractivity contribution in [3.8, 4) is 5.75 Å². The summed E-state index contributed by atoms with van der Waals surface area (Å²) in [7, 11) is 3.49. The lowest BCUT2D eigenvalue weighted by Gasteiger charge is -2.26. The predicted molar refractivity (Wildman–Crippen MR) is 63.1 cm³/mol. The predicted octanol–water partition coefficient (Wildman–Crippen LogP) is 1.99. The van der Waals surface area contributed by atoms with Crippen molar-refractivity contribution in [3.63, 3.8) is 0 Å². The first-order valence-electron chi connectivity index (χ1n) is 5.13. The van der Waals surface area contributed by atoms with E-state index >= 15 is 0 Å². The summed E-state index contributed by atoms with van der Waals surface area (Å²) < 4.78 is 5.12. The largest absolute Gasteiger partial charge is 0.497 e. The van der Waals surface area contributed by atoms with Crippen molar-refractivity contribution in [2.24, 2.45) is 0 Å². The maximum Gasteiger partial charge on any atom is 0.305 e. The minimum atomic E-state index is -0.790. The minimum absolute atomic E-state index is 0.0513. The molecule has 0 amide bonds. The molecule has 0 aliphatic carbocycles. The number of hydrogen-bond acceptors (Lipinski definition) is 3. The van der Waals surface area contributed by atoms with Gasteiger partial charge >= 0.3 is 5.97 Å². The van der Waals surface area contributed by atoms with E-state index in [1.807, 2.05) is 43.1 Å². The molecule has 0 saturated carbocycles. The molecule has 0 fully saturated rings. The van der Waals surface area contributed by atoms with Gasteiger partial charge in [0.15, 0.2) is 0 Å². The Kier molecular flexibility index (Phi) is 4.17. The van der Waals surface area contributed by atoms with Gasteiger partial charge in [0.2, 0.25) is 0 Å². The maximum atomic E-state index is 10.6. The summed E-state index contributed by atoms with van der Waals surface area (Å²) in [6.07, 6.45) is 0.119. The molecule has 88 valence electrons. The molecule has 0 bridgehead atoms. The third-order valence-corrected chi connectivity index (χ3v) is 2.59. The van der Waals surface area contributed by atoms with E-state index in [-0.39, 0.29) is 12.5 Å². The Balaban J connectivity index is 2.78. The quantitative estimate of drug-likeness (QED) is 0.829. The van der Waals surface area contributed by atoms with Gasteiger partial charge in [-0.2, -0.15) is 0 Å². The first kappa shape index (κ1) is 12.4. The van der Waals surface area contributed by atoms with Crippen LogP contribution in [0.2, 0.25) is 0 Å². The average Bonchev–Trinajstić information content (AvgIpc) is 2.27. The number of methoxy groups -OCH3 is 1. The van der Waals surface area contributed by atoms with E-state index < -0.39 is 5.97 Å². The van der Waals surface area contributed by atoms with E-state index in [9.17, 15) is 4.79 Å². The molecule has 16 heavy (non-hydrogen) atoms. The van der Waals surface area contributed by atoms with E-state index in [2.05, 4.69) is 0 Å². The first-order chi connectivity index (χ1) is 7.54. The number of hydrogen-bond donors (Lipinski definition) is 1. The molecule has 4 nitrogen and oxygen atoms in total. The van der Waals surface area contributed by atoms with Crippen molar-refractivity contribution in [1.29, 1.82) is 0 Å². The smallest absolute Gasteiger partial charge is 0.305 e. The van der Waals surface area contributed by atoms with Gasteiger partial charge in [-0.25, -0.2) is 0 Å². The second kappa shape index (κ2) is 5.39. The zero-order chi connectivity index (χ0) is 12.1. The van der Waals surface area contributed by atoms with Crippen LogP contribution in [0.1, 0.15) is 13.3 Å². The Morgan fingerprint density at radius 3 is 2.81 bits per heavy atom. The number of carboxylic acids is 1. The van der Waals surface area contributed by atoms with Gasteiger partial charge in [-0.1, -0.05) is 6.07 Å². The Labute approximate surface area is 95.5 Å². The van der Waals surface area contributed by atoms with Gasteiger partial charge in [0.25, 0.3) is 0 Å². The van der Waals surface area contributed by atoms with E-state index in [0.29, 0.717) is 0 Å². The van der Waals surface area contributed by atoms with Crippen LogP contribution in [-0.2, 0) is 4.79 Å².